The van der Waals surface area contributed by atoms with Crippen LogP contribution in [0.3, 0.4) is 0 Å². The quantitative estimate of drug-likeness (QED) is 0.504. The van der Waals surface area contributed by atoms with Gasteiger partial charge in [-0.05, 0) is 54.2 Å². The van der Waals surface area contributed by atoms with Crippen LogP contribution in [0.1, 0.15) is 39.1 Å². The highest BCUT2D eigenvalue weighted by molar-refractivity contribution is 5.99. The van der Waals surface area contributed by atoms with Crippen LogP contribution in [-0.2, 0) is 6.54 Å². The van der Waals surface area contributed by atoms with Gasteiger partial charge in [0.05, 0.1) is 19.3 Å². The number of aromatic carboxylic acids is 1. The van der Waals surface area contributed by atoms with Crippen LogP contribution in [-0.4, -0.2) is 35.7 Å². The lowest BCUT2D eigenvalue weighted by molar-refractivity contribution is 0.0697. The first-order chi connectivity index (χ1) is 16.0. The number of carbonyl (C=O) groups is 2. The van der Waals surface area contributed by atoms with Gasteiger partial charge in [0.25, 0.3) is 5.91 Å². The predicted molar refractivity (Wildman–Crippen MR) is 119 cm³/mol. The maximum Gasteiger partial charge on any atom is 0.336 e. The van der Waals surface area contributed by atoms with Gasteiger partial charge >= 0.3 is 5.97 Å². The van der Waals surface area contributed by atoms with Crippen LogP contribution < -0.4 is 14.8 Å². The molecule has 170 valence electrons. The SMILES string of the molecule is COc1ccc(CNC(=O)c2cc(-c3ccccc3C(=O)O)cnc2OCC2CC2)cc1F. The van der Waals surface area contributed by atoms with Crippen LogP contribution in [0, 0.1) is 11.7 Å². The van der Waals surface area contributed by atoms with Crippen molar-refractivity contribution < 1.29 is 28.6 Å². The Kier molecular flexibility index (Phi) is 6.53. The molecule has 1 saturated carbocycles. The van der Waals surface area contributed by atoms with E-state index < -0.39 is 17.7 Å². The van der Waals surface area contributed by atoms with Gasteiger partial charge in [0.1, 0.15) is 5.56 Å². The van der Waals surface area contributed by atoms with Crippen molar-refractivity contribution in [3.8, 4) is 22.8 Å². The first-order valence-electron chi connectivity index (χ1n) is 10.5. The lowest BCUT2D eigenvalue weighted by Gasteiger charge is -2.13. The van der Waals surface area contributed by atoms with Crippen LogP contribution in [0.4, 0.5) is 4.39 Å². The van der Waals surface area contributed by atoms with E-state index in [1.807, 2.05) is 0 Å². The highest BCUT2D eigenvalue weighted by atomic mass is 19.1. The number of rotatable bonds is 9. The van der Waals surface area contributed by atoms with E-state index in [0.29, 0.717) is 29.2 Å². The van der Waals surface area contributed by atoms with E-state index in [0.717, 1.165) is 12.8 Å². The Hall–Kier alpha value is -3.94. The molecule has 0 spiro atoms. The third-order valence-corrected chi connectivity index (χ3v) is 5.39. The molecule has 0 unspecified atom stereocenters. The number of nitrogens with zero attached hydrogens (tertiary/aromatic N) is 1. The van der Waals surface area contributed by atoms with Crippen LogP contribution in [0.5, 0.6) is 11.6 Å². The monoisotopic (exact) mass is 450 g/mol. The molecular weight excluding hydrogens is 427 g/mol. The molecule has 1 amide bonds. The standard InChI is InChI=1S/C25H23FN2O5/c1-32-22-9-8-16(10-21(22)26)12-27-23(29)20-11-17(13-28-24(20)33-14-15-6-7-15)18-4-2-3-5-19(18)25(30)31/h2-5,8-11,13,15H,6-7,12,14H2,1H3,(H,27,29)(H,30,31). The average Bonchev–Trinajstić information content (AvgIpc) is 3.66. The van der Waals surface area contributed by atoms with Crippen molar-refractivity contribution in [3.05, 3.63) is 77.2 Å². The summed E-state index contributed by atoms with van der Waals surface area (Å²) in [4.78, 5) is 29.0. The molecule has 2 N–H and O–H groups in total. The van der Waals surface area contributed by atoms with Crippen molar-refractivity contribution in [2.24, 2.45) is 5.92 Å². The summed E-state index contributed by atoms with van der Waals surface area (Å²) in [6.07, 6.45) is 3.66. The number of aromatic nitrogens is 1. The number of ether oxygens (including phenoxy) is 2. The van der Waals surface area contributed by atoms with Gasteiger partial charge in [0, 0.05) is 18.3 Å². The zero-order valence-corrected chi connectivity index (χ0v) is 18.0. The zero-order chi connectivity index (χ0) is 23.4. The molecule has 1 heterocycles. The number of pyridine rings is 1. The number of nitrogens with one attached hydrogen (secondary N) is 1. The van der Waals surface area contributed by atoms with Gasteiger partial charge in [-0.2, -0.15) is 0 Å². The summed E-state index contributed by atoms with van der Waals surface area (Å²) in [5.41, 5.74) is 1.76. The summed E-state index contributed by atoms with van der Waals surface area (Å²) in [6.45, 7) is 0.541. The first kappa shape index (κ1) is 22.3. The Labute approximate surface area is 190 Å². The van der Waals surface area contributed by atoms with Crippen LogP contribution in [0.15, 0.2) is 54.7 Å². The molecule has 33 heavy (non-hydrogen) atoms. The maximum atomic E-state index is 14.0. The summed E-state index contributed by atoms with van der Waals surface area (Å²) in [6, 6.07) is 12.5. The fraction of sp³-hybridized carbons (Fsp3) is 0.240. The van der Waals surface area contributed by atoms with E-state index in [-0.39, 0.29) is 29.3 Å². The van der Waals surface area contributed by atoms with Crippen molar-refractivity contribution in [3.63, 3.8) is 0 Å². The van der Waals surface area contributed by atoms with Crippen molar-refractivity contribution in [2.45, 2.75) is 19.4 Å². The molecule has 0 aliphatic heterocycles. The molecule has 1 aliphatic rings. The Morgan fingerprint density at radius 3 is 2.64 bits per heavy atom. The minimum Gasteiger partial charge on any atom is -0.494 e. The molecule has 8 heteroatoms. The fourth-order valence-corrected chi connectivity index (χ4v) is 3.38. The molecule has 7 nitrogen and oxygen atoms in total. The van der Waals surface area contributed by atoms with Gasteiger partial charge in [-0.3, -0.25) is 4.79 Å². The number of benzene rings is 2. The Bertz CT molecular complexity index is 1190. The number of amides is 1. The van der Waals surface area contributed by atoms with Crippen molar-refractivity contribution in [1.82, 2.24) is 10.3 Å². The number of carboxylic acids is 1. The topological polar surface area (TPSA) is 97.8 Å². The Balaban J connectivity index is 1.61. The van der Waals surface area contributed by atoms with E-state index >= 15 is 0 Å². The second kappa shape index (κ2) is 9.68. The number of carboxylic acid groups (broad SMARTS) is 1. The third kappa shape index (κ3) is 5.28. The molecule has 4 rings (SSSR count). The van der Waals surface area contributed by atoms with Gasteiger partial charge < -0.3 is 19.9 Å². The van der Waals surface area contributed by atoms with Gasteiger partial charge in [-0.15, -0.1) is 0 Å². The van der Waals surface area contributed by atoms with E-state index in [2.05, 4.69) is 10.3 Å². The number of methoxy groups -OCH3 is 1. The molecule has 2 aromatic carbocycles. The summed E-state index contributed by atoms with van der Waals surface area (Å²) in [5, 5.41) is 12.3. The molecule has 1 aliphatic carbocycles. The van der Waals surface area contributed by atoms with E-state index in [9.17, 15) is 19.1 Å². The number of halogens is 1. The van der Waals surface area contributed by atoms with Gasteiger partial charge in [0.2, 0.25) is 5.88 Å². The van der Waals surface area contributed by atoms with E-state index in [1.165, 1.54) is 31.5 Å². The minimum absolute atomic E-state index is 0.0811. The average molecular weight is 450 g/mol. The molecule has 0 bridgehead atoms. The van der Waals surface area contributed by atoms with Crippen molar-refractivity contribution >= 4 is 11.9 Å². The zero-order valence-electron chi connectivity index (χ0n) is 18.0. The maximum absolute atomic E-state index is 14.0. The lowest BCUT2D eigenvalue weighted by Crippen LogP contribution is -2.24. The van der Waals surface area contributed by atoms with Crippen LogP contribution in [0.25, 0.3) is 11.1 Å². The highest BCUT2D eigenvalue weighted by Crippen LogP contribution is 2.31. The molecule has 0 atom stereocenters. The summed E-state index contributed by atoms with van der Waals surface area (Å²) in [5.74, 6) is -1.30. The summed E-state index contributed by atoms with van der Waals surface area (Å²) in [7, 11) is 1.38. The summed E-state index contributed by atoms with van der Waals surface area (Å²) < 4.78 is 24.7. The van der Waals surface area contributed by atoms with Crippen LogP contribution in [0.2, 0.25) is 0 Å². The van der Waals surface area contributed by atoms with Crippen LogP contribution >= 0.6 is 0 Å². The number of hydrogen-bond donors (Lipinski definition) is 2. The van der Waals surface area contributed by atoms with Gasteiger partial charge in [-0.25, -0.2) is 14.2 Å². The predicted octanol–water partition coefficient (Wildman–Crippen LogP) is 4.31. The second-order valence-electron chi connectivity index (χ2n) is 7.83. The van der Waals surface area contributed by atoms with Gasteiger partial charge in [0.15, 0.2) is 11.6 Å². The van der Waals surface area contributed by atoms with Gasteiger partial charge in [-0.1, -0.05) is 24.3 Å². The third-order valence-electron chi connectivity index (χ3n) is 5.39. The van der Waals surface area contributed by atoms with E-state index in [4.69, 9.17) is 9.47 Å². The number of carbonyl (C=O) groups excluding carboxylic acids is 1. The highest BCUT2D eigenvalue weighted by Gasteiger charge is 2.24. The van der Waals surface area contributed by atoms with E-state index in [1.54, 1.807) is 30.3 Å². The second-order valence-corrected chi connectivity index (χ2v) is 7.83. The minimum atomic E-state index is -1.08. The van der Waals surface area contributed by atoms with Crippen molar-refractivity contribution in [2.75, 3.05) is 13.7 Å². The Morgan fingerprint density at radius 2 is 1.94 bits per heavy atom. The first-order valence-corrected chi connectivity index (χ1v) is 10.5. The Morgan fingerprint density at radius 1 is 1.15 bits per heavy atom. The lowest BCUT2D eigenvalue weighted by atomic mass is 10.00. The molecule has 0 radical (unpaired) electrons. The molecule has 3 aromatic rings. The smallest absolute Gasteiger partial charge is 0.336 e. The van der Waals surface area contributed by atoms with Crippen molar-refractivity contribution in [1.29, 1.82) is 0 Å². The largest absolute Gasteiger partial charge is 0.494 e. The molecule has 1 aromatic heterocycles. The number of hydrogen-bond acceptors (Lipinski definition) is 5. The molecular formula is C25H23FN2O5. The molecule has 0 saturated heterocycles. The fourth-order valence-electron chi connectivity index (χ4n) is 3.38. The summed E-state index contributed by atoms with van der Waals surface area (Å²) >= 11 is 0. The molecule has 1 fully saturated rings. The normalized spacial score (nSPS) is 12.8.